The van der Waals surface area contributed by atoms with Gasteiger partial charge in [0.25, 0.3) is 0 Å². The van der Waals surface area contributed by atoms with Crippen LogP contribution in [-0.4, -0.2) is 47.3 Å². The largest absolute Gasteiger partial charge is 0.480 e. The average Bonchev–Trinajstić information content (AvgIpc) is 2.66. The fraction of sp³-hybridized carbons (Fsp3) is 0.909. The molecule has 2 aliphatic rings. The van der Waals surface area contributed by atoms with E-state index in [2.05, 4.69) is 11.8 Å². The van der Waals surface area contributed by atoms with Gasteiger partial charge in [0.2, 0.25) is 0 Å². The third-order valence-electron chi connectivity index (χ3n) is 3.82. The van der Waals surface area contributed by atoms with E-state index in [1.807, 2.05) is 0 Å². The van der Waals surface area contributed by atoms with Gasteiger partial charge in [-0.15, -0.1) is 0 Å². The molecule has 2 aliphatic heterocycles. The van der Waals surface area contributed by atoms with E-state index >= 15 is 0 Å². The van der Waals surface area contributed by atoms with E-state index in [1.54, 1.807) is 0 Å². The molecular formula is C11H19NO3. The number of ether oxygens (including phenoxy) is 1. The van der Waals surface area contributed by atoms with Crippen molar-refractivity contribution in [2.24, 2.45) is 0 Å². The highest BCUT2D eigenvalue weighted by Gasteiger charge is 2.48. The van der Waals surface area contributed by atoms with Gasteiger partial charge in [-0.2, -0.15) is 0 Å². The molecule has 4 nitrogen and oxygen atoms in total. The van der Waals surface area contributed by atoms with Gasteiger partial charge < -0.3 is 9.84 Å². The number of carbonyl (C=O) groups is 1. The predicted octanol–water partition coefficient (Wildman–Crippen LogP) is 1.10. The molecule has 0 amide bonds. The van der Waals surface area contributed by atoms with Gasteiger partial charge in [-0.05, 0) is 39.2 Å². The Kier molecular flexibility index (Phi) is 2.98. The maximum atomic E-state index is 11.5. The normalized spacial score (nSPS) is 31.7. The molecule has 0 aromatic heterocycles. The number of hydrogen-bond donors (Lipinski definition) is 1. The molecule has 2 rings (SSSR count). The molecule has 0 aromatic rings. The number of carboxylic acids is 1. The van der Waals surface area contributed by atoms with Gasteiger partial charge in [0.15, 0.2) is 0 Å². The summed E-state index contributed by atoms with van der Waals surface area (Å²) in [4.78, 5) is 13.7. The van der Waals surface area contributed by atoms with Gasteiger partial charge >= 0.3 is 5.97 Å². The fourth-order valence-corrected chi connectivity index (χ4v) is 2.90. The van der Waals surface area contributed by atoms with Crippen LogP contribution in [0.3, 0.4) is 0 Å². The Bertz CT molecular complexity index is 248. The third-order valence-corrected chi connectivity index (χ3v) is 3.82. The summed E-state index contributed by atoms with van der Waals surface area (Å²) in [5.74, 6) is -0.667. The molecule has 2 heterocycles. The van der Waals surface area contributed by atoms with Crippen molar-refractivity contribution in [1.29, 1.82) is 0 Å². The molecule has 0 saturated carbocycles. The van der Waals surface area contributed by atoms with E-state index in [4.69, 9.17) is 4.74 Å². The molecule has 1 N–H and O–H groups in total. The van der Waals surface area contributed by atoms with E-state index in [0.717, 1.165) is 19.4 Å². The first-order chi connectivity index (χ1) is 7.17. The van der Waals surface area contributed by atoms with Crippen LogP contribution < -0.4 is 0 Å². The molecule has 1 atom stereocenters. The van der Waals surface area contributed by atoms with Crippen LogP contribution in [0.1, 0.15) is 32.6 Å². The van der Waals surface area contributed by atoms with Gasteiger partial charge in [-0.1, -0.05) is 0 Å². The van der Waals surface area contributed by atoms with Crippen molar-refractivity contribution in [3.8, 4) is 0 Å². The number of nitrogens with zero attached hydrogens (tertiary/aromatic N) is 1. The summed E-state index contributed by atoms with van der Waals surface area (Å²) >= 11 is 0. The molecule has 1 unspecified atom stereocenters. The summed E-state index contributed by atoms with van der Waals surface area (Å²) in [5, 5.41) is 9.47. The number of carboxylic acid groups (broad SMARTS) is 1. The highest BCUT2D eigenvalue weighted by molar-refractivity contribution is 5.79. The lowest BCUT2D eigenvalue weighted by Gasteiger charge is -2.43. The molecule has 15 heavy (non-hydrogen) atoms. The second-order valence-electron chi connectivity index (χ2n) is 4.63. The fourth-order valence-electron chi connectivity index (χ4n) is 2.90. The minimum absolute atomic E-state index is 0.402. The molecule has 86 valence electrons. The lowest BCUT2D eigenvalue weighted by molar-refractivity contribution is -0.159. The molecule has 0 radical (unpaired) electrons. The lowest BCUT2D eigenvalue weighted by Crippen LogP contribution is -2.58. The Labute approximate surface area is 90.2 Å². The van der Waals surface area contributed by atoms with Crippen LogP contribution in [0.25, 0.3) is 0 Å². The van der Waals surface area contributed by atoms with Gasteiger partial charge in [0, 0.05) is 19.3 Å². The molecule has 2 saturated heterocycles. The zero-order valence-electron chi connectivity index (χ0n) is 9.24. The SMILES string of the molecule is CC1CCCN1C1(C(=O)O)CCOCC1. The quantitative estimate of drug-likeness (QED) is 0.746. The number of hydrogen-bond acceptors (Lipinski definition) is 3. The summed E-state index contributed by atoms with van der Waals surface area (Å²) in [7, 11) is 0. The summed E-state index contributed by atoms with van der Waals surface area (Å²) < 4.78 is 5.28. The van der Waals surface area contributed by atoms with Crippen LogP contribution >= 0.6 is 0 Å². The van der Waals surface area contributed by atoms with Crippen LogP contribution in [0.15, 0.2) is 0 Å². The Morgan fingerprint density at radius 3 is 2.60 bits per heavy atom. The molecule has 0 aromatic carbocycles. The highest BCUT2D eigenvalue weighted by atomic mass is 16.5. The Morgan fingerprint density at radius 2 is 2.13 bits per heavy atom. The number of likely N-dealkylation sites (tertiary alicyclic amines) is 1. The van der Waals surface area contributed by atoms with Crippen molar-refractivity contribution < 1.29 is 14.6 Å². The Balaban J connectivity index is 2.20. The highest BCUT2D eigenvalue weighted by Crippen LogP contribution is 2.34. The Hall–Kier alpha value is -0.610. The first kappa shape index (κ1) is 10.9. The van der Waals surface area contributed by atoms with Crippen LogP contribution in [0.5, 0.6) is 0 Å². The molecule has 0 bridgehead atoms. The van der Waals surface area contributed by atoms with Gasteiger partial charge in [0.05, 0.1) is 0 Å². The minimum Gasteiger partial charge on any atom is -0.480 e. The summed E-state index contributed by atoms with van der Waals surface area (Å²) in [6.45, 7) is 4.21. The van der Waals surface area contributed by atoms with Crippen molar-refractivity contribution in [1.82, 2.24) is 4.90 Å². The zero-order chi connectivity index (χ0) is 10.9. The average molecular weight is 213 g/mol. The van der Waals surface area contributed by atoms with Crippen molar-refractivity contribution >= 4 is 5.97 Å². The molecule has 0 aliphatic carbocycles. The third kappa shape index (κ3) is 1.76. The first-order valence-electron chi connectivity index (χ1n) is 5.75. The molecular weight excluding hydrogens is 194 g/mol. The first-order valence-corrected chi connectivity index (χ1v) is 5.75. The number of rotatable bonds is 2. The predicted molar refractivity (Wildman–Crippen MR) is 55.8 cm³/mol. The van der Waals surface area contributed by atoms with Gasteiger partial charge in [0.1, 0.15) is 5.54 Å². The standard InChI is InChI=1S/C11H19NO3/c1-9-3-2-6-12(9)11(10(13)14)4-7-15-8-5-11/h9H,2-8H2,1H3,(H,13,14). The molecule has 4 heteroatoms. The van der Waals surface area contributed by atoms with Crippen molar-refractivity contribution in [3.05, 3.63) is 0 Å². The smallest absolute Gasteiger partial charge is 0.324 e. The van der Waals surface area contributed by atoms with Crippen LogP contribution in [0.4, 0.5) is 0 Å². The summed E-state index contributed by atoms with van der Waals surface area (Å²) in [6.07, 6.45) is 3.51. The second kappa shape index (κ2) is 4.10. The minimum atomic E-state index is -0.667. The monoisotopic (exact) mass is 213 g/mol. The maximum absolute atomic E-state index is 11.5. The van der Waals surface area contributed by atoms with E-state index in [9.17, 15) is 9.90 Å². The van der Waals surface area contributed by atoms with Crippen LogP contribution in [0.2, 0.25) is 0 Å². The van der Waals surface area contributed by atoms with E-state index in [0.29, 0.717) is 32.1 Å². The number of aliphatic carboxylic acids is 1. The lowest BCUT2D eigenvalue weighted by atomic mass is 9.87. The van der Waals surface area contributed by atoms with E-state index < -0.39 is 11.5 Å². The summed E-state index contributed by atoms with van der Waals surface area (Å²) in [5.41, 5.74) is -0.645. The zero-order valence-corrected chi connectivity index (χ0v) is 9.24. The molecule has 0 spiro atoms. The second-order valence-corrected chi connectivity index (χ2v) is 4.63. The Morgan fingerprint density at radius 1 is 1.47 bits per heavy atom. The van der Waals surface area contributed by atoms with E-state index in [1.165, 1.54) is 0 Å². The van der Waals surface area contributed by atoms with E-state index in [-0.39, 0.29) is 0 Å². The topological polar surface area (TPSA) is 49.8 Å². The van der Waals surface area contributed by atoms with Crippen molar-refractivity contribution in [2.75, 3.05) is 19.8 Å². The van der Waals surface area contributed by atoms with Gasteiger partial charge in [-0.25, -0.2) is 0 Å². The van der Waals surface area contributed by atoms with Crippen LogP contribution in [-0.2, 0) is 9.53 Å². The maximum Gasteiger partial charge on any atom is 0.324 e. The molecule has 2 fully saturated rings. The van der Waals surface area contributed by atoms with Crippen molar-refractivity contribution in [2.45, 2.75) is 44.2 Å². The van der Waals surface area contributed by atoms with Gasteiger partial charge in [-0.3, -0.25) is 9.69 Å². The summed E-state index contributed by atoms with van der Waals surface area (Å²) in [6, 6.07) is 0.402. The van der Waals surface area contributed by atoms with Crippen LogP contribution in [0, 0.1) is 0 Å². The van der Waals surface area contributed by atoms with Crippen molar-refractivity contribution in [3.63, 3.8) is 0 Å².